The average molecular weight is 197 g/mol. The van der Waals surface area contributed by atoms with Crippen molar-refractivity contribution >= 4 is 11.5 Å². The van der Waals surface area contributed by atoms with E-state index in [1.165, 1.54) is 11.5 Å². The van der Waals surface area contributed by atoms with E-state index in [1.54, 1.807) is 7.11 Å². The molecule has 1 atom stereocenters. The Hall–Kier alpha value is -1.12. The van der Waals surface area contributed by atoms with E-state index < -0.39 is 0 Å². The molecule has 70 valence electrons. The predicted molar refractivity (Wildman–Crippen MR) is 50.7 cm³/mol. The van der Waals surface area contributed by atoms with Crippen LogP contribution in [-0.2, 0) is 0 Å². The first-order valence-electron chi connectivity index (χ1n) is 3.89. The van der Waals surface area contributed by atoms with Crippen LogP contribution in [0.2, 0.25) is 0 Å². The number of methoxy groups -OCH3 is 1. The predicted octanol–water partition coefficient (Wildman–Crippen LogP) is 1.33. The van der Waals surface area contributed by atoms with Crippen LogP contribution in [0, 0.1) is 11.3 Å². The molecule has 0 amide bonds. The molecule has 0 saturated carbocycles. The van der Waals surface area contributed by atoms with Gasteiger partial charge in [0.15, 0.2) is 0 Å². The lowest BCUT2D eigenvalue weighted by Crippen LogP contribution is -2.17. The lowest BCUT2D eigenvalue weighted by atomic mass is 10.3. The summed E-state index contributed by atoms with van der Waals surface area (Å²) in [5.74, 6) is 0.630. The summed E-state index contributed by atoms with van der Waals surface area (Å²) in [7, 11) is 1.59. The van der Waals surface area contributed by atoms with Crippen LogP contribution in [0.3, 0.4) is 0 Å². The van der Waals surface area contributed by atoms with E-state index in [-0.39, 0.29) is 6.04 Å². The van der Waals surface area contributed by atoms with E-state index in [9.17, 15) is 0 Å². The maximum atomic E-state index is 8.36. The standard InChI is InChI=1S/C8H11N3OS/c1-6(10-4-3-9)7-5-8(12-2)11-13-7/h5-6,10H,4H2,1-2H3. The smallest absolute Gasteiger partial charge is 0.225 e. The van der Waals surface area contributed by atoms with Crippen LogP contribution in [0.25, 0.3) is 0 Å². The molecule has 4 nitrogen and oxygen atoms in total. The molecule has 0 aromatic carbocycles. The Balaban J connectivity index is 2.56. The van der Waals surface area contributed by atoms with Gasteiger partial charge in [0, 0.05) is 17.0 Å². The molecule has 0 aliphatic carbocycles. The van der Waals surface area contributed by atoms with Crippen molar-refractivity contribution < 1.29 is 4.74 Å². The van der Waals surface area contributed by atoms with Crippen LogP contribution in [0.4, 0.5) is 0 Å². The number of hydrogen-bond donors (Lipinski definition) is 1. The summed E-state index contributed by atoms with van der Waals surface area (Å²) in [6, 6.07) is 4.06. The molecule has 0 aliphatic heterocycles. The fourth-order valence-electron chi connectivity index (χ4n) is 0.872. The zero-order valence-corrected chi connectivity index (χ0v) is 8.39. The normalized spacial score (nSPS) is 12.1. The zero-order valence-electron chi connectivity index (χ0n) is 7.57. The third-order valence-electron chi connectivity index (χ3n) is 1.63. The maximum Gasteiger partial charge on any atom is 0.225 e. The topological polar surface area (TPSA) is 57.9 Å². The number of aromatic nitrogens is 1. The van der Waals surface area contributed by atoms with Gasteiger partial charge in [-0.25, -0.2) is 0 Å². The van der Waals surface area contributed by atoms with Crippen molar-refractivity contribution in [1.29, 1.82) is 5.26 Å². The second-order valence-corrected chi connectivity index (χ2v) is 3.37. The number of nitrogens with one attached hydrogen (secondary N) is 1. The first-order valence-corrected chi connectivity index (χ1v) is 4.66. The molecule has 0 bridgehead atoms. The molecule has 0 radical (unpaired) electrons. The first-order chi connectivity index (χ1) is 6.27. The average Bonchev–Trinajstić information content (AvgIpc) is 2.62. The fourth-order valence-corrected chi connectivity index (χ4v) is 1.59. The van der Waals surface area contributed by atoms with Gasteiger partial charge in [-0.05, 0) is 18.5 Å². The van der Waals surface area contributed by atoms with E-state index in [0.717, 1.165) is 4.88 Å². The Morgan fingerprint density at radius 2 is 2.62 bits per heavy atom. The van der Waals surface area contributed by atoms with Crippen molar-refractivity contribution in [2.24, 2.45) is 0 Å². The molecule has 0 fully saturated rings. The monoisotopic (exact) mass is 197 g/mol. The third kappa shape index (κ3) is 2.68. The van der Waals surface area contributed by atoms with Crippen molar-refractivity contribution in [2.75, 3.05) is 13.7 Å². The third-order valence-corrected chi connectivity index (χ3v) is 2.58. The summed E-state index contributed by atoms with van der Waals surface area (Å²) in [6.45, 7) is 2.34. The Kier molecular flexibility index (Phi) is 3.68. The molecule has 0 spiro atoms. The number of nitriles is 1. The number of rotatable bonds is 4. The molecule has 1 aromatic rings. The van der Waals surface area contributed by atoms with Crippen molar-refractivity contribution in [3.63, 3.8) is 0 Å². The minimum Gasteiger partial charge on any atom is -0.480 e. The van der Waals surface area contributed by atoms with E-state index in [1.807, 2.05) is 19.1 Å². The van der Waals surface area contributed by atoms with Gasteiger partial charge in [-0.1, -0.05) is 0 Å². The first kappa shape index (κ1) is 9.96. The summed E-state index contributed by atoms with van der Waals surface area (Å²) < 4.78 is 9.02. The van der Waals surface area contributed by atoms with Crippen LogP contribution in [0.1, 0.15) is 17.8 Å². The van der Waals surface area contributed by atoms with Gasteiger partial charge < -0.3 is 4.74 Å². The fraction of sp³-hybridized carbons (Fsp3) is 0.500. The van der Waals surface area contributed by atoms with Gasteiger partial charge in [0.25, 0.3) is 0 Å². The summed E-state index contributed by atoms with van der Waals surface area (Å²) >= 11 is 1.39. The van der Waals surface area contributed by atoms with Gasteiger partial charge in [0.05, 0.1) is 19.7 Å². The van der Waals surface area contributed by atoms with Gasteiger partial charge in [-0.2, -0.15) is 9.64 Å². The lowest BCUT2D eigenvalue weighted by molar-refractivity contribution is 0.402. The maximum absolute atomic E-state index is 8.36. The molecule has 1 N–H and O–H groups in total. The molecule has 1 heterocycles. The second kappa shape index (κ2) is 4.80. The van der Waals surface area contributed by atoms with Gasteiger partial charge in [-0.15, -0.1) is 0 Å². The molecular weight excluding hydrogens is 186 g/mol. The number of hydrogen-bond acceptors (Lipinski definition) is 5. The van der Waals surface area contributed by atoms with Crippen LogP contribution < -0.4 is 10.1 Å². The molecule has 0 saturated heterocycles. The van der Waals surface area contributed by atoms with E-state index in [4.69, 9.17) is 10.00 Å². The lowest BCUT2D eigenvalue weighted by Gasteiger charge is -2.06. The van der Waals surface area contributed by atoms with E-state index >= 15 is 0 Å². The van der Waals surface area contributed by atoms with Crippen molar-refractivity contribution in [3.8, 4) is 11.9 Å². The van der Waals surface area contributed by atoms with E-state index in [0.29, 0.717) is 12.4 Å². The number of ether oxygens (including phenoxy) is 1. The summed E-state index contributed by atoms with van der Waals surface area (Å²) in [5, 5.41) is 11.4. The molecule has 0 aliphatic rings. The van der Waals surface area contributed by atoms with Gasteiger partial charge in [-0.3, -0.25) is 5.32 Å². The van der Waals surface area contributed by atoms with Crippen LogP contribution in [0.5, 0.6) is 5.88 Å². The Labute approximate surface area is 81.3 Å². The molecular formula is C8H11N3OS. The van der Waals surface area contributed by atoms with Crippen molar-refractivity contribution in [2.45, 2.75) is 13.0 Å². The van der Waals surface area contributed by atoms with Gasteiger partial charge in [0.1, 0.15) is 0 Å². The summed E-state index contributed by atoms with van der Waals surface area (Å²) in [5.41, 5.74) is 0. The molecule has 13 heavy (non-hydrogen) atoms. The zero-order chi connectivity index (χ0) is 9.68. The minimum atomic E-state index is 0.154. The molecule has 1 rings (SSSR count). The highest BCUT2D eigenvalue weighted by Gasteiger charge is 2.08. The highest BCUT2D eigenvalue weighted by molar-refractivity contribution is 7.06. The van der Waals surface area contributed by atoms with E-state index in [2.05, 4.69) is 9.69 Å². The number of nitrogens with zero attached hydrogens (tertiary/aromatic N) is 2. The minimum absolute atomic E-state index is 0.154. The Morgan fingerprint density at radius 3 is 3.15 bits per heavy atom. The summed E-state index contributed by atoms with van der Waals surface area (Å²) in [6.07, 6.45) is 0. The second-order valence-electron chi connectivity index (χ2n) is 2.53. The van der Waals surface area contributed by atoms with Gasteiger partial charge in [0.2, 0.25) is 5.88 Å². The SMILES string of the molecule is COc1cc(C(C)NCC#N)sn1. The van der Waals surface area contributed by atoms with Crippen LogP contribution in [-0.4, -0.2) is 18.0 Å². The summed E-state index contributed by atoms with van der Waals surface area (Å²) in [4.78, 5) is 1.08. The molecule has 5 heteroatoms. The molecule has 1 aromatic heterocycles. The highest BCUT2D eigenvalue weighted by atomic mass is 32.1. The largest absolute Gasteiger partial charge is 0.480 e. The molecule has 1 unspecified atom stereocenters. The van der Waals surface area contributed by atoms with Crippen molar-refractivity contribution in [1.82, 2.24) is 9.69 Å². The van der Waals surface area contributed by atoms with Crippen LogP contribution >= 0.6 is 11.5 Å². The Morgan fingerprint density at radius 1 is 1.85 bits per heavy atom. The Bertz CT molecular complexity index is 305. The van der Waals surface area contributed by atoms with Crippen molar-refractivity contribution in [3.05, 3.63) is 10.9 Å². The van der Waals surface area contributed by atoms with Gasteiger partial charge >= 0.3 is 0 Å². The highest BCUT2D eigenvalue weighted by Crippen LogP contribution is 2.22. The quantitative estimate of drug-likeness (QED) is 0.740. The van der Waals surface area contributed by atoms with Crippen LogP contribution in [0.15, 0.2) is 6.07 Å².